The van der Waals surface area contributed by atoms with E-state index in [0.717, 1.165) is 0 Å². The van der Waals surface area contributed by atoms with Crippen LogP contribution in [0.2, 0.25) is 0 Å². The van der Waals surface area contributed by atoms with Gasteiger partial charge in [-0.05, 0) is 41.5 Å². The van der Waals surface area contributed by atoms with Gasteiger partial charge in [0.05, 0.1) is 17.7 Å². The summed E-state index contributed by atoms with van der Waals surface area (Å²) in [4.78, 5) is 11.5. The van der Waals surface area contributed by atoms with E-state index in [-0.39, 0.29) is 36.2 Å². The van der Waals surface area contributed by atoms with Gasteiger partial charge in [-0.2, -0.15) is 39.5 Å². The van der Waals surface area contributed by atoms with Gasteiger partial charge in [-0.25, -0.2) is 0 Å². The van der Waals surface area contributed by atoms with Crippen molar-refractivity contribution in [3.63, 3.8) is 0 Å². The van der Waals surface area contributed by atoms with Crippen molar-refractivity contribution in [1.82, 2.24) is 5.32 Å². The lowest BCUT2D eigenvalue weighted by molar-refractivity contribution is -0.261. The zero-order chi connectivity index (χ0) is 27.5. The Kier molecular flexibility index (Phi) is 8.71. The molecule has 1 amide bonds. The van der Waals surface area contributed by atoms with E-state index in [1.165, 1.54) is 30.5 Å². The third-order valence-electron chi connectivity index (χ3n) is 4.86. The third kappa shape index (κ3) is 7.59. The van der Waals surface area contributed by atoms with Crippen molar-refractivity contribution in [2.75, 3.05) is 23.9 Å². The minimum Gasteiger partial charge on any atom is -0.381 e. The fraction of sp³-hybridized carbons (Fsp3) is 0.381. The first-order valence-electron chi connectivity index (χ1n) is 9.81. The zero-order valence-corrected chi connectivity index (χ0v) is 19.1. The molecule has 0 aliphatic rings. The summed E-state index contributed by atoms with van der Waals surface area (Å²) in [6, 6.07) is 4.48. The molecule has 15 heteroatoms. The summed E-state index contributed by atoms with van der Waals surface area (Å²) in [6.07, 6.45) is -15.1. The van der Waals surface area contributed by atoms with Crippen LogP contribution in [-0.2, 0) is 40.1 Å². The molecule has 0 spiro atoms. The van der Waals surface area contributed by atoms with Gasteiger partial charge in [0.25, 0.3) is 0 Å². The first-order valence-corrected chi connectivity index (χ1v) is 11.5. The van der Waals surface area contributed by atoms with Crippen LogP contribution in [0.4, 0.5) is 45.2 Å². The zero-order valence-electron chi connectivity index (χ0n) is 18.2. The maximum Gasteiger partial charge on any atom is 0.423 e. The predicted octanol–water partition coefficient (Wildman–Crippen LogP) is 4.58. The SMILES string of the molecule is C[S@](=O)CC(=O)NCc1ccc(NC[C@@](O)(c2cc(C(F)(F)F)cc(C(F)(F)F)c2)C(F)(F)F)cc1. The van der Waals surface area contributed by atoms with Crippen LogP contribution in [0.1, 0.15) is 22.3 Å². The molecule has 0 aliphatic carbocycles. The van der Waals surface area contributed by atoms with Crippen molar-refractivity contribution >= 4 is 22.4 Å². The highest BCUT2D eigenvalue weighted by molar-refractivity contribution is 7.85. The molecule has 5 nitrogen and oxygen atoms in total. The lowest BCUT2D eigenvalue weighted by Crippen LogP contribution is -2.48. The summed E-state index contributed by atoms with van der Waals surface area (Å²) in [6.45, 7) is -1.51. The van der Waals surface area contributed by atoms with Crippen LogP contribution >= 0.6 is 0 Å². The van der Waals surface area contributed by atoms with E-state index in [9.17, 15) is 53.6 Å². The topological polar surface area (TPSA) is 78.4 Å². The van der Waals surface area contributed by atoms with Gasteiger partial charge in [-0.15, -0.1) is 0 Å². The van der Waals surface area contributed by atoms with Crippen LogP contribution in [0, 0.1) is 0 Å². The quantitative estimate of drug-likeness (QED) is 0.421. The van der Waals surface area contributed by atoms with E-state index in [1.807, 2.05) is 0 Å². The van der Waals surface area contributed by atoms with E-state index in [2.05, 4.69) is 10.6 Å². The number of halogens is 9. The number of amides is 1. The smallest absolute Gasteiger partial charge is 0.381 e. The summed E-state index contributed by atoms with van der Waals surface area (Å²) >= 11 is 0. The van der Waals surface area contributed by atoms with E-state index in [4.69, 9.17) is 0 Å². The molecular weight excluding hydrogens is 531 g/mol. The molecule has 0 unspecified atom stereocenters. The van der Waals surface area contributed by atoms with Crippen molar-refractivity contribution in [2.24, 2.45) is 0 Å². The molecule has 0 fully saturated rings. The highest BCUT2D eigenvalue weighted by Crippen LogP contribution is 2.44. The van der Waals surface area contributed by atoms with Crippen LogP contribution < -0.4 is 10.6 Å². The van der Waals surface area contributed by atoms with Crippen molar-refractivity contribution in [3.05, 3.63) is 64.7 Å². The number of alkyl halides is 9. The molecule has 2 aromatic rings. The first-order chi connectivity index (χ1) is 16.3. The molecule has 200 valence electrons. The van der Waals surface area contributed by atoms with Crippen molar-refractivity contribution < 1.29 is 53.6 Å². The number of aliphatic hydroxyl groups is 1. The van der Waals surface area contributed by atoms with Crippen LogP contribution in [-0.4, -0.2) is 40.0 Å². The second-order valence-corrected chi connectivity index (χ2v) is 9.13. The maximum atomic E-state index is 13.8. The average molecular weight is 550 g/mol. The molecule has 0 bridgehead atoms. The second kappa shape index (κ2) is 10.7. The minimum absolute atomic E-state index is 0.00669. The number of carbonyl (C=O) groups is 1. The number of nitrogens with one attached hydrogen (secondary N) is 2. The molecule has 2 atom stereocenters. The number of hydrogen-bond donors (Lipinski definition) is 3. The molecule has 0 radical (unpaired) electrons. The molecule has 0 aliphatic heterocycles. The van der Waals surface area contributed by atoms with E-state index >= 15 is 0 Å². The van der Waals surface area contributed by atoms with Crippen LogP contribution in [0.5, 0.6) is 0 Å². The first kappa shape index (κ1) is 29.4. The Bertz CT molecular complexity index is 1070. The lowest BCUT2D eigenvalue weighted by Gasteiger charge is -2.32. The molecule has 2 aromatic carbocycles. The van der Waals surface area contributed by atoms with Gasteiger partial charge in [0.15, 0.2) is 0 Å². The summed E-state index contributed by atoms with van der Waals surface area (Å²) in [5.41, 5.74) is -9.34. The highest BCUT2D eigenvalue weighted by atomic mass is 32.2. The molecule has 0 aromatic heterocycles. The summed E-state index contributed by atoms with van der Waals surface area (Å²) in [7, 11) is -1.37. The number of benzene rings is 2. The Hall–Kier alpha value is -2.81. The normalized spacial score (nSPS) is 15.2. The van der Waals surface area contributed by atoms with E-state index in [0.29, 0.717) is 5.56 Å². The number of anilines is 1. The Balaban J connectivity index is 2.31. The van der Waals surface area contributed by atoms with Gasteiger partial charge >= 0.3 is 18.5 Å². The number of carbonyl (C=O) groups excluding carboxylic acids is 1. The Morgan fingerprint density at radius 2 is 1.33 bits per heavy atom. The van der Waals surface area contributed by atoms with Crippen LogP contribution in [0.25, 0.3) is 0 Å². The van der Waals surface area contributed by atoms with Crippen LogP contribution in [0.3, 0.4) is 0 Å². The molecule has 0 heterocycles. The van der Waals surface area contributed by atoms with Gasteiger partial charge in [0.2, 0.25) is 11.5 Å². The van der Waals surface area contributed by atoms with E-state index in [1.54, 1.807) is 0 Å². The van der Waals surface area contributed by atoms with Crippen molar-refractivity contribution in [1.29, 1.82) is 0 Å². The molecule has 36 heavy (non-hydrogen) atoms. The standard InChI is InChI=1S/C21H19F9N2O3S/c1-36(35)10-17(33)31-9-12-2-4-16(5-3-12)32-11-18(34,21(28,29)30)13-6-14(19(22,23)24)8-15(7-13)20(25,26)27/h2-8,32,34H,9-11H2,1H3,(H,31,33)/t18-,36+/m1/s1. The van der Waals surface area contributed by atoms with Crippen molar-refractivity contribution in [3.8, 4) is 0 Å². The monoisotopic (exact) mass is 550 g/mol. The fourth-order valence-corrected chi connectivity index (χ4v) is 3.44. The molecular formula is C21H19F9N2O3S. The Morgan fingerprint density at radius 1 is 0.861 bits per heavy atom. The van der Waals surface area contributed by atoms with Gasteiger partial charge in [0.1, 0.15) is 5.75 Å². The molecule has 2 rings (SSSR count). The van der Waals surface area contributed by atoms with E-state index < -0.39 is 64.1 Å². The predicted molar refractivity (Wildman–Crippen MR) is 112 cm³/mol. The fourth-order valence-electron chi connectivity index (χ4n) is 2.97. The lowest BCUT2D eigenvalue weighted by atomic mass is 9.89. The number of hydrogen-bond acceptors (Lipinski definition) is 4. The second-order valence-electron chi connectivity index (χ2n) is 7.70. The third-order valence-corrected chi connectivity index (χ3v) is 5.53. The molecule has 0 saturated carbocycles. The Morgan fingerprint density at radius 3 is 1.75 bits per heavy atom. The maximum absolute atomic E-state index is 13.8. The van der Waals surface area contributed by atoms with Gasteiger partial charge in [-0.3, -0.25) is 9.00 Å². The van der Waals surface area contributed by atoms with Gasteiger partial charge in [0, 0.05) is 29.3 Å². The Labute approximate surface area is 201 Å². The van der Waals surface area contributed by atoms with Gasteiger partial charge in [-0.1, -0.05) is 12.1 Å². The van der Waals surface area contributed by atoms with Crippen molar-refractivity contribution in [2.45, 2.75) is 30.7 Å². The number of rotatable bonds is 8. The summed E-state index contributed by atoms with van der Waals surface area (Å²) < 4.78 is 131. The van der Waals surface area contributed by atoms with Gasteiger partial charge < -0.3 is 15.7 Å². The van der Waals surface area contributed by atoms with Crippen LogP contribution in [0.15, 0.2) is 42.5 Å². The minimum atomic E-state index is -5.66. The molecule has 3 N–H and O–H groups in total. The molecule has 0 saturated heterocycles. The average Bonchev–Trinajstić information content (AvgIpc) is 2.74. The summed E-state index contributed by atoms with van der Waals surface area (Å²) in [5, 5.41) is 15.0. The summed E-state index contributed by atoms with van der Waals surface area (Å²) in [5.74, 6) is -0.742. The highest BCUT2D eigenvalue weighted by Gasteiger charge is 2.56. The largest absolute Gasteiger partial charge is 0.423 e.